The van der Waals surface area contributed by atoms with Crippen LogP contribution in [0.1, 0.15) is 30.4 Å². The maximum Gasteiger partial charge on any atom is 0.455 e. The molecule has 2 heterocycles. The molecule has 1 N–H and O–H groups in total. The number of aryl methyl sites for hydroxylation is 1. The molecule has 6 rings (SSSR count). The summed E-state index contributed by atoms with van der Waals surface area (Å²) in [6.45, 7) is 2.26. The molecule has 1 saturated heterocycles. The SMILES string of the molecule is Cn1c(N2CCN(CCCCC3(OC(=O)NCC(F)(F)C(F)(F)F)c4ccccc4-c4ccccc43)CC2)nc2ccccc21. The van der Waals surface area contributed by atoms with Crippen LogP contribution in [0.4, 0.5) is 32.7 Å². The summed E-state index contributed by atoms with van der Waals surface area (Å²) in [5, 5.41) is 1.66. The van der Waals surface area contributed by atoms with E-state index in [1.165, 1.54) is 0 Å². The fourth-order valence-electron chi connectivity index (χ4n) is 6.49. The number of benzene rings is 3. The molecule has 45 heavy (non-hydrogen) atoms. The molecule has 12 heteroatoms. The summed E-state index contributed by atoms with van der Waals surface area (Å²) in [6, 6.07) is 22.7. The molecule has 0 unspecified atom stereocenters. The Kier molecular flexibility index (Phi) is 8.19. The van der Waals surface area contributed by atoms with Crippen molar-refractivity contribution in [3.8, 4) is 11.1 Å². The molecule has 4 aromatic rings. The van der Waals surface area contributed by atoms with Crippen LogP contribution in [0.25, 0.3) is 22.2 Å². The second-order valence-electron chi connectivity index (χ2n) is 11.6. The smallest absolute Gasteiger partial charge is 0.433 e. The highest BCUT2D eigenvalue weighted by atomic mass is 19.4. The van der Waals surface area contributed by atoms with Gasteiger partial charge in [0.05, 0.1) is 17.6 Å². The van der Waals surface area contributed by atoms with Crippen molar-refractivity contribution in [1.82, 2.24) is 19.8 Å². The van der Waals surface area contributed by atoms with Crippen LogP contribution in [0.5, 0.6) is 0 Å². The highest BCUT2D eigenvalue weighted by Crippen LogP contribution is 2.52. The zero-order valence-electron chi connectivity index (χ0n) is 24.8. The van der Waals surface area contributed by atoms with E-state index in [9.17, 15) is 26.7 Å². The summed E-state index contributed by atoms with van der Waals surface area (Å²) < 4.78 is 73.4. The average molecular weight is 628 g/mol. The van der Waals surface area contributed by atoms with E-state index < -0.39 is 30.3 Å². The third-order valence-electron chi connectivity index (χ3n) is 8.82. The number of para-hydroxylation sites is 2. The number of alkyl halides is 5. The lowest BCUT2D eigenvalue weighted by molar-refractivity contribution is -0.278. The molecule has 238 valence electrons. The van der Waals surface area contributed by atoms with Gasteiger partial charge in [0.15, 0.2) is 5.60 Å². The Labute approximate surface area is 257 Å². The number of ether oxygens (including phenoxy) is 1. The van der Waals surface area contributed by atoms with Gasteiger partial charge in [-0.05, 0) is 49.1 Å². The van der Waals surface area contributed by atoms with Crippen molar-refractivity contribution in [2.45, 2.75) is 37.0 Å². The van der Waals surface area contributed by atoms with Gasteiger partial charge >= 0.3 is 18.2 Å². The van der Waals surface area contributed by atoms with E-state index in [0.717, 1.165) is 67.3 Å². The van der Waals surface area contributed by atoms with Crippen molar-refractivity contribution in [2.75, 3.05) is 44.2 Å². The predicted octanol–water partition coefficient (Wildman–Crippen LogP) is 6.71. The van der Waals surface area contributed by atoms with Crippen molar-refractivity contribution in [3.63, 3.8) is 0 Å². The summed E-state index contributed by atoms with van der Waals surface area (Å²) >= 11 is 0. The van der Waals surface area contributed by atoms with Crippen LogP contribution in [-0.2, 0) is 17.4 Å². The third kappa shape index (κ3) is 5.83. The van der Waals surface area contributed by atoms with Gasteiger partial charge in [-0.15, -0.1) is 0 Å². The fourth-order valence-corrected chi connectivity index (χ4v) is 6.49. The van der Waals surface area contributed by atoms with Gasteiger partial charge in [-0.2, -0.15) is 22.0 Å². The molecule has 0 atom stereocenters. The lowest BCUT2D eigenvalue weighted by Gasteiger charge is -2.36. The lowest BCUT2D eigenvalue weighted by Crippen LogP contribution is -2.48. The molecule has 0 saturated carbocycles. The number of anilines is 1. The zero-order chi connectivity index (χ0) is 31.8. The number of unbranched alkanes of at least 4 members (excludes halogenated alkanes) is 1. The van der Waals surface area contributed by atoms with Crippen LogP contribution >= 0.6 is 0 Å². The Morgan fingerprint density at radius 3 is 2.09 bits per heavy atom. The standard InChI is InChI=1S/C33H34F5N5O2/c1-41-28-15-7-6-14-27(28)40-29(41)43-20-18-42(19-21-43)17-9-8-16-31(45-30(44)39-22-32(34,35)33(36,37)38)25-12-4-2-10-23(25)24-11-3-5-13-26(24)31/h2-7,10-15H,8-9,16-22H2,1H3,(H,39,44). The van der Waals surface area contributed by atoms with Gasteiger partial charge in [0.25, 0.3) is 0 Å². The van der Waals surface area contributed by atoms with Crippen LogP contribution in [0.15, 0.2) is 72.8 Å². The molecule has 7 nitrogen and oxygen atoms in total. The van der Waals surface area contributed by atoms with Crippen LogP contribution in [0.2, 0.25) is 0 Å². The fraction of sp³-hybridized carbons (Fsp3) is 0.394. The summed E-state index contributed by atoms with van der Waals surface area (Å²) in [6.07, 6.45) is -5.39. The number of hydrogen-bond donors (Lipinski definition) is 1. The van der Waals surface area contributed by atoms with E-state index in [2.05, 4.69) is 20.4 Å². The number of imidazole rings is 1. The molecule has 1 aliphatic carbocycles. The summed E-state index contributed by atoms with van der Waals surface area (Å²) in [4.78, 5) is 22.3. The van der Waals surface area contributed by atoms with E-state index in [0.29, 0.717) is 24.0 Å². The van der Waals surface area contributed by atoms with Crippen LogP contribution in [0, 0.1) is 0 Å². The molecule has 2 aliphatic rings. The van der Waals surface area contributed by atoms with E-state index in [-0.39, 0.29) is 0 Å². The van der Waals surface area contributed by atoms with Crippen LogP contribution in [0.3, 0.4) is 0 Å². The molecular weight excluding hydrogens is 593 g/mol. The summed E-state index contributed by atoms with van der Waals surface area (Å²) in [7, 11) is 2.02. The minimum Gasteiger partial charge on any atom is -0.433 e. The van der Waals surface area contributed by atoms with Crippen molar-refractivity contribution < 1.29 is 31.5 Å². The minimum absolute atomic E-state index is 0.337. The first kappa shape index (κ1) is 30.8. The Hall–Kier alpha value is -4.19. The van der Waals surface area contributed by atoms with E-state index in [4.69, 9.17) is 9.72 Å². The van der Waals surface area contributed by atoms with Gasteiger partial charge in [0.2, 0.25) is 5.95 Å². The number of rotatable bonds is 9. The molecule has 0 bridgehead atoms. The molecule has 1 amide bonds. The van der Waals surface area contributed by atoms with Gasteiger partial charge in [-0.3, -0.25) is 4.90 Å². The predicted molar refractivity (Wildman–Crippen MR) is 161 cm³/mol. The highest BCUT2D eigenvalue weighted by Gasteiger charge is 2.57. The monoisotopic (exact) mass is 627 g/mol. The number of piperazine rings is 1. The number of aromatic nitrogens is 2. The van der Waals surface area contributed by atoms with E-state index in [1.807, 2.05) is 61.6 Å². The molecule has 1 aromatic heterocycles. The molecule has 1 fully saturated rings. The van der Waals surface area contributed by atoms with Crippen LogP contribution in [-0.4, -0.2) is 71.9 Å². The van der Waals surface area contributed by atoms with Crippen molar-refractivity contribution in [2.24, 2.45) is 7.05 Å². The van der Waals surface area contributed by atoms with Gasteiger partial charge < -0.3 is 19.5 Å². The van der Waals surface area contributed by atoms with Crippen molar-refractivity contribution in [1.29, 1.82) is 0 Å². The van der Waals surface area contributed by atoms with Gasteiger partial charge in [-0.1, -0.05) is 60.7 Å². The molecule has 1 aliphatic heterocycles. The number of nitrogens with zero attached hydrogens (tertiary/aromatic N) is 4. The topological polar surface area (TPSA) is 62.6 Å². The maximum absolute atomic E-state index is 13.6. The number of amides is 1. The second kappa shape index (κ2) is 12.0. The van der Waals surface area contributed by atoms with Gasteiger partial charge in [-0.25, -0.2) is 9.78 Å². The Morgan fingerprint density at radius 2 is 1.47 bits per heavy atom. The van der Waals surface area contributed by atoms with Crippen molar-refractivity contribution >= 4 is 23.1 Å². The molecule has 3 aromatic carbocycles. The van der Waals surface area contributed by atoms with Crippen LogP contribution < -0.4 is 10.2 Å². The van der Waals surface area contributed by atoms with Crippen molar-refractivity contribution in [3.05, 3.63) is 83.9 Å². The largest absolute Gasteiger partial charge is 0.455 e. The Morgan fingerprint density at radius 1 is 0.867 bits per heavy atom. The lowest BCUT2D eigenvalue weighted by atomic mass is 9.86. The number of hydrogen-bond acceptors (Lipinski definition) is 5. The van der Waals surface area contributed by atoms with Gasteiger partial charge in [0.1, 0.15) is 0 Å². The van der Waals surface area contributed by atoms with E-state index >= 15 is 0 Å². The number of nitrogens with one attached hydrogen (secondary N) is 1. The first-order valence-electron chi connectivity index (χ1n) is 15.0. The molecular formula is C33H34F5N5O2. The average Bonchev–Trinajstić information content (AvgIpc) is 3.51. The Balaban J connectivity index is 1.12. The molecule has 0 spiro atoms. The number of alkyl carbamates (subject to hydrolysis) is 1. The maximum atomic E-state index is 13.6. The first-order chi connectivity index (χ1) is 21.5. The second-order valence-corrected chi connectivity index (χ2v) is 11.6. The number of carbonyl (C=O) groups excluding carboxylic acids is 1. The third-order valence-corrected chi connectivity index (χ3v) is 8.82. The molecule has 0 radical (unpaired) electrons. The normalized spacial score (nSPS) is 16.4. The zero-order valence-corrected chi connectivity index (χ0v) is 24.8. The number of halogens is 5. The number of carbonyl (C=O) groups is 1. The quantitative estimate of drug-likeness (QED) is 0.165. The highest BCUT2D eigenvalue weighted by molar-refractivity contribution is 5.82. The first-order valence-corrected chi connectivity index (χ1v) is 15.0. The minimum atomic E-state index is -5.79. The van der Waals surface area contributed by atoms with E-state index in [1.54, 1.807) is 17.4 Å². The van der Waals surface area contributed by atoms with Gasteiger partial charge in [0, 0.05) is 44.4 Å². The summed E-state index contributed by atoms with van der Waals surface area (Å²) in [5.74, 6) is -4.14. The number of fused-ring (bicyclic) bond motifs is 4. The summed E-state index contributed by atoms with van der Waals surface area (Å²) in [5.41, 5.74) is 3.75. The Bertz CT molecular complexity index is 1630.